The van der Waals surface area contributed by atoms with Crippen molar-refractivity contribution in [3.8, 4) is 0 Å². The van der Waals surface area contributed by atoms with Crippen LogP contribution in [0.1, 0.15) is 0 Å². The predicted octanol–water partition coefficient (Wildman–Crippen LogP) is 1.30. The van der Waals surface area contributed by atoms with Crippen LogP contribution < -0.4 is 0 Å². The summed E-state index contributed by atoms with van der Waals surface area (Å²) in [6, 6.07) is 0. The van der Waals surface area contributed by atoms with E-state index in [0.717, 1.165) is 0 Å². The molecule has 0 nitrogen and oxygen atoms in total. The fourth-order valence-corrected chi connectivity index (χ4v) is 0. The minimum atomic E-state index is -6.00. The monoisotopic (exact) mass is 189 g/mol. The predicted molar refractivity (Wildman–Crippen MR) is 10.2 cm³/mol. The molecule has 0 amide bonds. The molecule has 6 heteroatoms. The largest absolute Gasteiger partial charge is 0.673 e. The van der Waals surface area contributed by atoms with Crippen LogP contribution in [0, 0.1) is 0 Å². The molecule has 0 aliphatic carbocycles. The molecule has 40 valence electrons. The second-order valence-electron chi connectivity index (χ2n) is 0.495. The number of halogens is 4. The topological polar surface area (TPSA) is 0 Å². The number of rotatable bonds is 0. The Morgan fingerprint density at radius 3 is 0.833 bits per heavy atom. The molecule has 0 bridgehead atoms. The SMILES string of the molecule is F[B-](F)(F)F.[Ru]. The molecule has 0 spiro atoms. The van der Waals surface area contributed by atoms with Gasteiger partial charge in [0.2, 0.25) is 0 Å². The molecular formula is BF4Ru-. The average Bonchev–Trinajstić information content (AvgIpc) is 0.722. The quantitative estimate of drug-likeness (QED) is 0.396. The molecule has 0 N–H and O–H groups in total. The van der Waals surface area contributed by atoms with Gasteiger partial charge in [0.1, 0.15) is 0 Å². The zero-order valence-corrected chi connectivity index (χ0v) is 4.18. The molecule has 0 unspecified atom stereocenters. The maximum atomic E-state index is 9.75. The fourth-order valence-electron chi connectivity index (χ4n) is 0. The Morgan fingerprint density at radius 1 is 0.833 bits per heavy atom. The van der Waals surface area contributed by atoms with Crippen LogP contribution in [0.25, 0.3) is 0 Å². The Labute approximate surface area is 44.8 Å². The van der Waals surface area contributed by atoms with Gasteiger partial charge in [0.15, 0.2) is 0 Å². The van der Waals surface area contributed by atoms with E-state index in [0.29, 0.717) is 0 Å². The van der Waals surface area contributed by atoms with Crippen molar-refractivity contribution >= 4 is 7.25 Å². The first-order chi connectivity index (χ1) is 2.00. The van der Waals surface area contributed by atoms with Crippen molar-refractivity contribution in [3.63, 3.8) is 0 Å². The second kappa shape index (κ2) is 2.56. The van der Waals surface area contributed by atoms with E-state index in [4.69, 9.17) is 0 Å². The normalized spacial score (nSPS) is 10.0. The van der Waals surface area contributed by atoms with Crippen LogP contribution in [0.3, 0.4) is 0 Å². The molecule has 0 radical (unpaired) electrons. The minimum absolute atomic E-state index is 0. The minimum Gasteiger partial charge on any atom is -0.418 e. The van der Waals surface area contributed by atoms with Crippen LogP contribution >= 0.6 is 0 Å². The van der Waals surface area contributed by atoms with Gasteiger partial charge in [-0.05, 0) is 0 Å². The molecule has 0 saturated carbocycles. The second-order valence-corrected chi connectivity index (χ2v) is 0.495. The maximum absolute atomic E-state index is 9.75. The molecule has 0 rings (SSSR count). The first-order valence-corrected chi connectivity index (χ1v) is 0.873. The summed E-state index contributed by atoms with van der Waals surface area (Å²) in [4.78, 5) is 0. The van der Waals surface area contributed by atoms with Crippen LogP contribution in [0.15, 0.2) is 0 Å². The molecule has 0 aromatic carbocycles. The van der Waals surface area contributed by atoms with Crippen molar-refractivity contribution in [2.75, 3.05) is 0 Å². The van der Waals surface area contributed by atoms with E-state index in [-0.39, 0.29) is 19.5 Å². The zero-order chi connectivity index (χ0) is 4.50. The number of hydrogen-bond acceptors (Lipinski definition) is 0. The summed E-state index contributed by atoms with van der Waals surface area (Å²) in [6.07, 6.45) is 0. The Hall–Kier alpha value is 0.408. The van der Waals surface area contributed by atoms with Crippen molar-refractivity contribution in [1.82, 2.24) is 0 Å². The molecule has 0 atom stereocenters. The summed E-state index contributed by atoms with van der Waals surface area (Å²) < 4.78 is 39.0. The first-order valence-electron chi connectivity index (χ1n) is 0.873. The van der Waals surface area contributed by atoms with Crippen molar-refractivity contribution in [1.29, 1.82) is 0 Å². The summed E-state index contributed by atoms with van der Waals surface area (Å²) in [6.45, 7) is 0. The van der Waals surface area contributed by atoms with Gasteiger partial charge in [0, 0.05) is 19.5 Å². The van der Waals surface area contributed by atoms with Gasteiger partial charge in [-0.25, -0.2) is 0 Å². The van der Waals surface area contributed by atoms with Gasteiger partial charge in [0.25, 0.3) is 0 Å². The molecule has 0 saturated heterocycles. The molecule has 0 aliphatic heterocycles. The number of hydrogen-bond donors (Lipinski definition) is 0. The van der Waals surface area contributed by atoms with Crippen LogP contribution in [0.4, 0.5) is 17.3 Å². The smallest absolute Gasteiger partial charge is 0.418 e. The molecule has 0 heterocycles. The maximum Gasteiger partial charge on any atom is 0.673 e. The van der Waals surface area contributed by atoms with Gasteiger partial charge in [0.05, 0.1) is 0 Å². The van der Waals surface area contributed by atoms with E-state index in [1.54, 1.807) is 0 Å². The van der Waals surface area contributed by atoms with Gasteiger partial charge in [-0.3, -0.25) is 0 Å². The summed E-state index contributed by atoms with van der Waals surface area (Å²) in [5, 5.41) is 0. The molecular weight excluding hydrogens is 188 g/mol. The standard InChI is InChI=1S/BF4.Ru/c2-1(3,4)5;/q-1;. The third kappa shape index (κ3) is 307. The van der Waals surface area contributed by atoms with Crippen LogP contribution in [0.2, 0.25) is 0 Å². The van der Waals surface area contributed by atoms with Crippen LogP contribution in [-0.2, 0) is 19.5 Å². The molecule has 6 heavy (non-hydrogen) atoms. The molecule has 0 aromatic heterocycles. The Kier molecular flexibility index (Phi) is 4.11. The van der Waals surface area contributed by atoms with Gasteiger partial charge in [-0.2, -0.15) is 0 Å². The van der Waals surface area contributed by atoms with E-state index in [9.17, 15) is 17.3 Å². The van der Waals surface area contributed by atoms with Crippen molar-refractivity contribution < 1.29 is 36.7 Å². The third-order valence-electron chi connectivity index (χ3n) is 0. The van der Waals surface area contributed by atoms with E-state index in [1.165, 1.54) is 0 Å². The van der Waals surface area contributed by atoms with Gasteiger partial charge < -0.3 is 17.3 Å². The summed E-state index contributed by atoms with van der Waals surface area (Å²) in [5.41, 5.74) is 0. The van der Waals surface area contributed by atoms with Gasteiger partial charge >= 0.3 is 7.25 Å². The van der Waals surface area contributed by atoms with Crippen molar-refractivity contribution in [2.24, 2.45) is 0 Å². The average molecular weight is 188 g/mol. The third-order valence-corrected chi connectivity index (χ3v) is 0. The summed E-state index contributed by atoms with van der Waals surface area (Å²) in [7, 11) is -6.00. The molecule has 0 aromatic rings. The molecule has 0 fully saturated rings. The van der Waals surface area contributed by atoms with Gasteiger partial charge in [-0.1, -0.05) is 0 Å². The Balaban J connectivity index is 0. The van der Waals surface area contributed by atoms with E-state index in [2.05, 4.69) is 0 Å². The van der Waals surface area contributed by atoms with Gasteiger partial charge in [-0.15, -0.1) is 0 Å². The van der Waals surface area contributed by atoms with Crippen LogP contribution in [0.5, 0.6) is 0 Å². The van der Waals surface area contributed by atoms with Crippen molar-refractivity contribution in [3.05, 3.63) is 0 Å². The zero-order valence-electron chi connectivity index (χ0n) is 2.44. The fraction of sp³-hybridized carbons (Fsp3) is 0. The van der Waals surface area contributed by atoms with Crippen LogP contribution in [-0.4, -0.2) is 7.25 Å². The first kappa shape index (κ1) is 9.65. The van der Waals surface area contributed by atoms with Crippen molar-refractivity contribution in [2.45, 2.75) is 0 Å². The summed E-state index contributed by atoms with van der Waals surface area (Å²) in [5.74, 6) is 0. The van der Waals surface area contributed by atoms with E-state index < -0.39 is 7.25 Å². The van der Waals surface area contributed by atoms with E-state index in [1.807, 2.05) is 0 Å². The Bertz CT molecular complexity index is 23.0. The Morgan fingerprint density at radius 2 is 0.833 bits per heavy atom. The summed E-state index contributed by atoms with van der Waals surface area (Å²) >= 11 is 0. The van der Waals surface area contributed by atoms with E-state index >= 15 is 0 Å². The molecule has 0 aliphatic rings.